The summed E-state index contributed by atoms with van der Waals surface area (Å²) in [7, 11) is 0. The average Bonchev–Trinajstić information content (AvgIpc) is 2.89. The van der Waals surface area contributed by atoms with Gasteiger partial charge in [0, 0.05) is 22.7 Å². The Hall–Kier alpha value is -2.75. The average molecular weight is 420 g/mol. The molecule has 0 saturated carbocycles. The molecular weight excluding hydrogens is 410 g/mol. The van der Waals surface area contributed by atoms with E-state index in [0.717, 1.165) is 34.6 Å². The highest BCUT2D eigenvalue weighted by Gasteiger charge is 2.32. The van der Waals surface area contributed by atoms with Crippen molar-refractivity contribution in [2.75, 3.05) is 0 Å². The highest BCUT2D eigenvalue weighted by Crippen LogP contribution is 2.33. The number of carbonyl (C=O) groups excluding carboxylic acids is 1. The molecule has 7 nitrogen and oxygen atoms in total. The SMILES string of the molecule is O=C1/C(=C\c2ccc(Cl)cc2)SC(=S)N1/N=C/c1cc([N+](=O)[O-])ccc1O. The molecule has 10 heteroatoms. The third kappa shape index (κ3) is 4.33. The van der Waals surface area contributed by atoms with Crippen LogP contribution in [0, 0.1) is 10.1 Å². The van der Waals surface area contributed by atoms with Gasteiger partial charge in [0.1, 0.15) is 5.75 Å². The zero-order valence-electron chi connectivity index (χ0n) is 13.4. The van der Waals surface area contributed by atoms with E-state index in [2.05, 4.69) is 5.10 Å². The Morgan fingerprint density at radius 1 is 1.26 bits per heavy atom. The number of nitro benzene ring substituents is 1. The molecular formula is C17H10ClN3O4S2. The van der Waals surface area contributed by atoms with Crippen LogP contribution in [0.4, 0.5) is 5.69 Å². The Morgan fingerprint density at radius 3 is 2.63 bits per heavy atom. The monoisotopic (exact) mass is 419 g/mol. The van der Waals surface area contributed by atoms with E-state index in [1.165, 1.54) is 12.1 Å². The molecule has 2 aromatic carbocycles. The molecule has 1 N–H and O–H groups in total. The molecule has 0 aromatic heterocycles. The van der Waals surface area contributed by atoms with Gasteiger partial charge in [-0.15, -0.1) is 0 Å². The first-order chi connectivity index (χ1) is 12.8. The van der Waals surface area contributed by atoms with Gasteiger partial charge < -0.3 is 5.11 Å². The second-order valence-electron chi connectivity index (χ2n) is 5.29. The van der Waals surface area contributed by atoms with Gasteiger partial charge in [-0.25, -0.2) is 0 Å². The summed E-state index contributed by atoms with van der Waals surface area (Å²) in [5.74, 6) is -0.632. The summed E-state index contributed by atoms with van der Waals surface area (Å²) >= 11 is 12.1. The normalized spacial score (nSPS) is 15.9. The van der Waals surface area contributed by atoms with Gasteiger partial charge in [-0.3, -0.25) is 14.9 Å². The maximum absolute atomic E-state index is 12.5. The van der Waals surface area contributed by atoms with Crippen molar-refractivity contribution in [3.05, 3.63) is 73.6 Å². The number of phenols is 1. The lowest BCUT2D eigenvalue weighted by atomic mass is 10.2. The predicted octanol–water partition coefficient (Wildman–Crippen LogP) is 4.19. The maximum atomic E-state index is 12.5. The number of halogens is 1. The van der Waals surface area contributed by atoms with Crippen LogP contribution in [0.15, 0.2) is 52.5 Å². The number of hydrazone groups is 1. The summed E-state index contributed by atoms with van der Waals surface area (Å²) in [5, 5.41) is 26.2. The summed E-state index contributed by atoms with van der Waals surface area (Å²) < 4.78 is 0.210. The smallest absolute Gasteiger partial charge is 0.286 e. The highest BCUT2D eigenvalue weighted by atomic mass is 35.5. The Morgan fingerprint density at radius 2 is 1.96 bits per heavy atom. The molecule has 0 unspecified atom stereocenters. The number of benzene rings is 2. The van der Waals surface area contributed by atoms with Crippen LogP contribution in [0.2, 0.25) is 5.02 Å². The van der Waals surface area contributed by atoms with E-state index in [1.54, 1.807) is 30.3 Å². The minimum Gasteiger partial charge on any atom is -0.507 e. The first-order valence-electron chi connectivity index (χ1n) is 7.40. The lowest BCUT2D eigenvalue weighted by Gasteiger charge is -2.06. The molecule has 0 spiro atoms. The predicted molar refractivity (Wildman–Crippen MR) is 109 cm³/mol. The van der Waals surface area contributed by atoms with E-state index in [0.29, 0.717) is 9.93 Å². The number of hydrogen-bond donors (Lipinski definition) is 1. The number of carbonyl (C=O) groups is 1. The van der Waals surface area contributed by atoms with E-state index in [1.807, 2.05) is 0 Å². The fraction of sp³-hybridized carbons (Fsp3) is 0. The minimum atomic E-state index is -0.592. The lowest BCUT2D eigenvalue weighted by molar-refractivity contribution is -0.384. The highest BCUT2D eigenvalue weighted by molar-refractivity contribution is 8.26. The van der Waals surface area contributed by atoms with Crippen molar-refractivity contribution in [3.63, 3.8) is 0 Å². The summed E-state index contributed by atoms with van der Waals surface area (Å²) in [6, 6.07) is 10.4. The minimum absolute atomic E-state index is 0.0972. The van der Waals surface area contributed by atoms with Crippen LogP contribution in [0.25, 0.3) is 6.08 Å². The number of amides is 1. The molecule has 0 atom stereocenters. The number of hydrogen-bond acceptors (Lipinski definition) is 7. The summed E-state index contributed by atoms with van der Waals surface area (Å²) in [6.07, 6.45) is 2.81. The Kier molecular flexibility index (Phi) is 5.54. The van der Waals surface area contributed by atoms with Crippen molar-refractivity contribution in [2.24, 2.45) is 5.10 Å². The van der Waals surface area contributed by atoms with Crippen LogP contribution < -0.4 is 0 Å². The van der Waals surface area contributed by atoms with Gasteiger partial charge in [0.25, 0.3) is 11.6 Å². The summed E-state index contributed by atoms with van der Waals surface area (Å²) in [6.45, 7) is 0. The quantitative estimate of drug-likeness (QED) is 0.262. The molecule has 2 aromatic rings. The molecule has 1 saturated heterocycles. The summed E-state index contributed by atoms with van der Waals surface area (Å²) in [5.41, 5.74) is 0.669. The lowest BCUT2D eigenvalue weighted by Crippen LogP contribution is -2.22. The van der Waals surface area contributed by atoms with Crippen molar-refractivity contribution in [3.8, 4) is 5.75 Å². The number of rotatable bonds is 4. The van der Waals surface area contributed by atoms with Crippen molar-refractivity contribution < 1.29 is 14.8 Å². The number of aromatic hydroxyl groups is 1. The molecule has 0 aliphatic carbocycles. The van der Waals surface area contributed by atoms with Gasteiger partial charge in [0.05, 0.1) is 16.0 Å². The van der Waals surface area contributed by atoms with Crippen LogP contribution in [0.3, 0.4) is 0 Å². The number of nitro groups is 1. The molecule has 1 heterocycles. The molecule has 1 fully saturated rings. The second kappa shape index (κ2) is 7.87. The van der Waals surface area contributed by atoms with Gasteiger partial charge in [-0.05, 0) is 42.1 Å². The fourth-order valence-corrected chi connectivity index (χ4v) is 3.45. The number of phenolic OH excluding ortho intramolecular Hbond substituents is 1. The van der Waals surface area contributed by atoms with E-state index >= 15 is 0 Å². The second-order valence-corrected chi connectivity index (χ2v) is 7.40. The van der Waals surface area contributed by atoms with Crippen LogP contribution in [-0.2, 0) is 4.79 Å². The van der Waals surface area contributed by atoms with E-state index in [4.69, 9.17) is 23.8 Å². The molecule has 0 bridgehead atoms. The van der Waals surface area contributed by atoms with Crippen molar-refractivity contribution in [1.29, 1.82) is 0 Å². The molecule has 0 radical (unpaired) electrons. The van der Waals surface area contributed by atoms with Crippen molar-refractivity contribution in [2.45, 2.75) is 0 Å². The largest absolute Gasteiger partial charge is 0.507 e. The van der Waals surface area contributed by atoms with Crippen LogP contribution in [0.5, 0.6) is 5.75 Å². The molecule has 27 heavy (non-hydrogen) atoms. The van der Waals surface area contributed by atoms with Crippen LogP contribution in [0.1, 0.15) is 11.1 Å². The zero-order chi connectivity index (χ0) is 19.6. The summed E-state index contributed by atoms with van der Waals surface area (Å²) in [4.78, 5) is 23.1. The van der Waals surface area contributed by atoms with E-state index < -0.39 is 10.8 Å². The van der Waals surface area contributed by atoms with Gasteiger partial charge in [0.2, 0.25) is 0 Å². The Labute approximate surface area is 168 Å². The fourth-order valence-electron chi connectivity index (χ4n) is 2.15. The third-order valence-electron chi connectivity index (χ3n) is 3.48. The topological polar surface area (TPSA) is 96.0 Å². The molecule has 1 amide bonds. The van der Waals surface area contributed by atoms with Gasteiger partial charge >= 0.3 is 0 Å². The molecule has 1 aliphatic heterocycles. The molecule has 136 valence electrons. The third-order valence-corrected chi connectivity index (χ3v) is 5.01. The standard InChI is InChI=1S/C17H10ClN3O4S2/c18-12-3-1-10(2-4-12)7-15-16(23)20(17(26)27-15)19-9-11-8-13(21(24)25)5-6-14(11)22/h1-9,22H/b15-7+,19-9+. The van der Waals surface area contributed by atoms with Gasteiger partial charge in [0.15, 0.2) is 4.32 Å². The van der Waals surface area contributed by atoms with Gasteiger partial charge in [-0.1, -0.05) is 35.5 Å². The number of thioether (sulfide) groups is 1. The van der Waals surface area contributed by atoms with E-state index in [9.17, 15) is 20.0 Å². The maximum Gasteiger partial charge on any atom is 0.286 e. The number of thiocarbonyl (C=S) groups is 1. The first kappa shape index (κ1) is 19.0. The molecule has 3 rings (SSSR count). The number of non-ortho nitro benzene ring substituents is 1. The van der Waals surface area contributed by atoms with Gasteiger partial charge in [-0.2, -0.15) is 10.1 Å². The van der Waals surface area contributed by atoms with Crippen molar-refractivity contribution in [1.82, 2.24) is 5.01 Å². The van der Waals surface area contributed by atoms with Crippen molar-refractivity contribution >= 4 is 63.8 Å². The van der Waals surface area contributed by atoms with E-state index in [-0.39, 0.29) is 21.3 Å². The molecule has 1 aliphatic rings. The number of nitrogens with zero attached hydrogens (tertiary/aromatic N) is 3. The Balaban J connectivity index is 1.84. The first-order valence-corrected chi connectivity index (χ1v) is 9.00. The zero-order valence-corrected chi connectivity index (χ0v) is 15.8. The Bertz CT molecular complexity index is 1010. The van der Waals surface area contributed by atoms with Crippen LogP contribution >= 0.6 is 35.6 Å². The van der Waals surface area contributed by atoms with Crippen LogP contribution in [-0.4, -0.2) is 31.5 Å².